The summed E-state index contributed by atoms with van der Waals surface area (Å²) in [6.07, 6.45) is 1.29. The zero-order valence-electron chi connectivity index (χ0n) is 17.5. The second-order valence-electron chi connectivity index (χ2n) is 6.66. The van der Waals surface area contributed by atoms with E-state index in [0.717, 1.165) is 11.3 Å². The molecule has 31 heavy (non-hydrogen) atoms. The van der Waals surface area contributed by atoms with Crippen molar-refractivity contribution in [1.82, 2.24) is 9.97 Å². The van der Waals surface area contributed by atoms with E-state index >= 15 is 0 Å². The number of ether oxygens (including phenoxy) is 1. The van der Waals surface area contributed by atoms with E-state index in [1.807, 2.05) is 38.1 Å². The average molecular weight is 421 g/mol. The van der Waals surface area contributed by atoms with Crippen LogP contribution in [0.2, 0.25) is 0 Å². The third kappa shape index (κ3) is 4.95. The zero-order chi connectivity index (χ0) is 22.4. The van der Waals surface area contributed by atoms with Crippen LogP contribution >= 0.6 is 0 Å². The molecule has 1 N–H and O–H groups in total. The van der Waals surface area contributed by atoms with Gasteiger partial charge in [0.15, 0.2) is 0 Å². The summed E-state index contributed by atoms with van der Waals surface area (Å²) >= 11 is 0. The number of carbonyl (C=O) groups excluding carboxylic acids is 1. The average Bonchev–Trinajstić information content (AvgIpc) is 2.75. The highest BCUT2D eigenvalue weighted by Gasteiger charge is 2.27. The van der Waals surface area contributed by atoms with E-state index in [4.69, 9.17) is 4.74 Å². The van der Waals surface area contributed by atoms with Crippen LogP contribution in [0.15, 0.2) is 54.9 Å². The topological polar surface area (TPSA) is 110 Å². The summed E-state index contributed by atoms with van der Waals surface area (Å²) in [5.74, 6) is -0.176. The Balaban J connectivity index is 1.97. The number of hydrogen-bond acceptors (Lipinski definition) is 8. The minimum absolute atomic E-state index is 0.0602. The second-order valence-corrected chi connectivity index (χ2v) is 6.66. The van der Waals surface area contributed by atoms with Crippen LogP contribution in [-0.4, -0.2) is 34.0 Å². The quantitative estimate of drug-likeness (QED) is 0.314. The summed E-state index contributed by atoms with van der Waals surface area (Å²) in [6.45, 7) is 6.35. The Kier molecular flexibility index (Phi) is 6.76. The second kappa shape index (κ2) is 9.66. The van der Waals surface area contributed by atoms with Crippen LogP contribution in [0.4, 0.5) is 28.7 Å². The fourth-order valence-electron chi connectivity index (χ4n) is 3.12. The van der Waals surface area contributed by atoms with Crippen molar-refractivity contribution >= 4 is 34.7 Å². The van der Waals surface area contributed by atoms with E-state index in [1.54, 1.807) is 36.1 Å². The van der Waals surface area contributed by atoms with Crippen molar-refractivity contribution in [3.63, 3.8) is 0 Å². The Morgan fingerprint density at radius 1 is 1.16 bits per heavy atom. The molecule has 0 spiro atoms. The van der Waals surface area contributed by atoms with E-state index in [2.05, 4.69) is 15.3 Å². The summed E-state index contributed by atoms with van der Waals surface area (Å²) < 4.78 is 4.97. The van der Waals surface area contributed by atoms with Crippen molar-refractivity contribution in [1.29, 1.82) is 0 Å². The molecule has 1 heterocycles. The van der Waals surface area contributed by atoms with E-state index < -0.39 is 10.9 Å². The lowest BCUT2D eigenvalue weighted by molar-refractivity contribution is -0.383. The maximum atomic E-state index is 12.0. The van der Waals surface area contributed by atoms with Crippen LogP contribution < -0.4 is 10.2 Å². The molecule has 0 unspecified atom stereocenters. The van der Waals surface area contributed by atoms with E-state index in [0.29, 0.717) is 17.8 Å². The SMILES string of the molecule is CCOC(=O)c1ccc(Nc2ncnc(N(CC)c3cccc(C)c3)c2[N+](=O)[O-])cc1. The molecule has 3 rings (SSSR count). The number of benzene rings is 2. The van der Waals surface area contributed by atoms with E-state index in [-0.39, 0.29) is 23.9 Å². The largest absolute Gasteiger partial charge is 0.462 e. The predicted octanol–water partition coefficient (Wildman–Crippen LogP) is 4.77. The van der Waals surface area contributed by atoms with Crippen molar-refractivity contribution in [2.75, 3.05) is 23.4 Å². The Morgan fingerprint density at radius 2 is 1.90 bits per heavy atom. The fourth-order valence-corrected chi connectivity index (χ4v) is 3.12. The molecule has 9 heteroatoms. The fraction of sp³-hybridized carbons (Fsp3) is 0.227. The third-order valence-corrected chi connectivity index (χ3v) is 4.53. The van der Waals surface area contributed by atoms with E-state index in [9.17, 15) is 14.9 Å². The van der Waals surface area contributed by atoms with Crippen LogP contribution in [0.1, 0.15) is 29.8 Å². The van der Waals surface area contributed by atoms with Crippen LogP contribution in [0.5, 0.6) is 0 Å². The van der Waals surface area contributed by atoms with Crippen molar-refractivity contribution < 1.29 is 14.5 Å². The van der Waals surface area contributed by atoms with Gasteiger partial charge in [0, 0.05) is 17.9 Å². The molecule has 0 fully saturated rings. The molecule has 0 radical (unpaired) electrons. The molecular weight excluding hydrogens is 398 g/mol. The molecule has 2 aromatic carbocycles. The maximum absolute atomic E-state index is 12.0. The number of aryl methyl sites for hydroxylation is 1. The van der Waals surface area contributed by atoms with Crippen molar-refractivity contribution in [2.24, 2.45) is 0 Å². The molecular formula is C22H23N5O4. The molecule has 0 bridgehead atoms. The normalized spacial score (nSPS) is 10.4. The van der Waals surface area contributed by atoms with Gasteiger partial charge in [-0.3, -0.25) is 10.1 Å². The minimum atomic E-state index is -0.497. The van der Waals surface area contributed by atoms with Crippen LogP contribution in [0.3, 0.4) is 0 Å². The molecule has 0 aliphatic carbocycles. The van der Waals surface area contributed by atoms with Crippen LogP contribution in [0, 0.1) is 17.0 Å². The van der Waals surface area contributed by atoms with Crippen molar-refractivity contribution in [2.45, 2.75) is 20.8 Å². The van der Waals surface area contributed by atoms with Gasteiger partial charge in [0.05, 0.1) is 17.1 Å². The Hall–Kier alpha value is -4.01. The number of aromatic nitrogens is 2. The molecule has 0 atom stereocenters. The lowest BCUT2D eigenvalue weighted by Crippen LogP contribution is -2.20. The molecule has 0 saturated heterocycles. The molecule has 0 saturated carbocycles. The smallest absolute Gasteiger partial charge is 0.354 e. The van der Waals surface area contributed by atoms with Gasteiger partial charge >= 0.3 is 11.7 Å². The van der Waals surface area contributed by atoms with Gasteiger partial charge in [0.1, 0.15) is 6.33 Å². The van der Waals surface area contributed by atoms with Gasteiger partial charge in [-0.15, -0.1) is 0 Å². The number of nitrogens with zero attached hydrogens (tertiary/aromatic N) is 4. The summed E-state index contributed by atoms with van der Waals surface area (Å²) in [5.41, 5.74) is 2.53. The number of esters is 1. The van der Waals surface area contributed by atoms with Gasteiger partial charge in [-0.2, -0.15) is 0 Å². The van der Waals surface area contributed by atoms with E-state index in [1.165, 1.54) is 6.33 Å². The van der Waals surface area contributed by atoms with Crippen LogP contribution in [-0.2, 0) is 4.74 Å². The predicted molar refractivity (Wildman–Crippen MR) is 118 cm³/mol. The first-order chi connectivity index (χ1) is 14.9. The molecule has 160 valence electrons. The standard InChI is InChI=1S/C22H23N5O4/c1-4-26(18-8-6-7-15(3)13-18)21-19(27(29)30)20(23-14-24-21)25-17-11-9-16(10-12-17)22(28)31-5-2/h6-14H,4-5H2,1-3H3,(H,23,24,25). The number of nitrogens with one attached hydrogen (secondary N) is 1. The number of hydrogen-bond donors (Lipinski definition) is 1. The molecule has 0 aliphatic heterocycles. The Labute approximate surface area is 179 Å². The first kappa shape index (κ1) is 21.7. The third-order valence-electron chi connectivity index (χ3n) is 4.53. The number of anilines is 4. The summed E-state index contributed by atoms with van der Waals surface area (Å²) in [6, 6.07) is 14.1. The van der Waals surface area contributed by atoms with Gasteiger partial charge in [0.2, 0.25) is 11.6 Å². The highest BCUT2D eigenvalue weighted by Crippen LogP contribution is 2.37. The van der Waals surface area contributed by atoms with Gasteiger partial charge in [-0.05, 0) is 62.7 Å². The summed E-state index contributed by atoms with van der Waals surface area (Å²) in [7, 11) is 0. The van der Waals surface area contributed by atoms with Gasteiger partial charge in [0.25, 0.3) is 0 Å². The number of rotatable bonds is 8. The zero-order valence-corrected chi connectivity index (χ0v) is 17.5. The molecule has 0 aliphatic rings. The van der Waals surface area contributed by atoms with Crippen LogP contribution in [0.25, 0.3) is 0 Å². The Morgan fingerprint density at radius 3 is 2.52 bits per heavy atom. The highest BCUT2D eigenvalue weighted by molar-refractivity contribution is 5.90. The summed E-state index contributed by atoms with van der Waals surface area (Å²) in [4.78, 5) is 33.3. The lowest BCUT2D eigenvalue weighted by Gasteiger charge is -2.22. The van der Waals surface area contributed by atoms with Crippen molar-refractivity contribution in [3.8, 4) is 0 Å². The van der Waals surface area contributed by atoms with Crippen molar-refractivity contribution in [3.05, 3.63) is 76.1 Å². The van der Waals surface area contributed by atoms with Gasteiger partial charge in [-0.25, -0.2) is 14.8 Å². The van der Waals surface area contributed by atoms with Gasteiger partial charge < -0.3 is 15.0 Å². The lowest BCUT2D eigenvalue weighted by atomic mass is 10.2. The molecule has 9 nitrogen and oxygen atoms in total. The number of nitro groups is 1. The number of carbonyl (C=O) groups is 1. The first-order valence-electron chi connectivity index (χ1n) is 9.82. The minimum Gasteiger partial charge on any atom is -0.462 e. The molecule has 1 aromatic heterocycles. The Bertz CT molecular complexity index is 1090. The highest BCUT2D eigenvalue weighted by atomic mass is 16.6. The first-order valence-corrected chi connectivity index (χ1v) is 9.82. The monoisotopic (exact) mass is 421 g/mol. The molecule has 3 aromatic rings. The maximum Gasteiger partial charge on any atom is 0.354 e. The van der Waals surface area contributed by atoms with Gasteiger partial charge in [-0.1, -0.05) is 12.1 Å². The summed E-state index contributed by atoms with van der Waals surface area (Å²) in [5, 5.41) is 14.9. The molecule has 0 amide bonds.